The molecule has 0 radical (unpaired) electrons. The molecule has 4 heteroatoms. The lowest BCUT2D eigenvalue weighted by molar-refractivity contribution is 0.0633. The Morgan fingerprint density at radius 3 is 2.68 bits per heavy atom. The Morgan fingerprint density at radius 1 is 1.20 bits per heavy atom. The number of nitrogens with one attached hydrogen (secondary N) is 1. The molecule has 1 spiro atoms. The van der Waals surface area contributed by atoms with Crippen LogP contribution in [0.25, 0.3) is 10.9 Å². The number of aromatic amines is 1. The maximum absolute atomic E-state index is 13.3. The van der Waals surface area contributed by atoms with Gasteiger partial charge in [0, 0.05) is 23.0 Å². The second-order valence-electron chi connectivity index (χ2n) is 8.55. The minimum atomic E-state index is -0.0875. The van der Waals surface area contributed by atoms with E-state index in [1.807, 2.05) is 24.3 Å². The smallest absolute Gasteiger partial charge is 0.270 e. The van der Waals surface area contributed by atoms with Crippen molar-refractivity contribution in [3.63, 3.8) is 0 Å². The molecule has 25 heavy (non-hydrogen) atoms. The lowest BCUT2D eigenvalue weighted by Gasteiger charge is -2.33. The van der Waals surface area contributed by atoms with Gasteiger partial charge in [0.25, 0.3) is 5.91 Å². The van der Waals surface area contributed by atoms with Gasteiger partial charge in [-0.25, -0.2) is 0 Å². The molecule has 1 aromatic carbocycles. The van der Waals surface area contributed by atoms with Crippen LogP contribution in [0, 0.1) is 5.41 Å². The first-order valence-electron chi connectivity index (χ1n) is 9.42. The first kappa shape index (κ1) is 16.5. The van der Waals surface area contributed by atoms with Crippen LogP contribution in [0.15, 0.2) is 24.3 Å². The van der Waals surface area contributed by atoms with Crippen molar-refractivity contribution in [3.8, 4) is 5.75 Å². The predicted molar refractivity (Wildman–Crippen MR) is 100 cm³/mol. The highest BCUT2D eigenvalue weighted by molar-refractivity contribution is 6.00. The minimum Gasteiger partial charge on any atom is -0.496 e. The fraction of sp³-hybridized carbons (Fsp3) is 0.571. The van der Waals surface area contributed by atoms with Crippen LogP contribution in [0.1, 0.15) is 62.9 Å². The molecule has 4 rings (SSSR count). The number of aromatic nitrogens is 1. The number of ether oxygens (including phenoxy) is 1. The topological polar surface area (TPSA) is 45.3 Å². The highest BCUT2D eigenvalue weighted by atomic mass is 16.5. The van der Waals surface area contributed by atoms with Gasteiger partial charge in [0.05, 0.1) is 7.11 Å². The van der Waals surface area contributed by atoms with Crippen molar-refractivity contribution in [2.24, 2.45) is 5.41 Å². The molecule has 0 atom stereocenters. The maximum Gasteiger partial charge on any atom is 0.270 e. The van der Waals surface area contributed by atoms with E-state index in [0.29, 0.717) is 11.1 Å². The average Bonchev–Trinajstić information content (AvgIpc) is 3.13. The van der Waals surface area contributed by atoms with Crippen molar-refractivity contribution >= 4 is 16.8 Å². The Labute approximate surface area is 149 Å². The normalized spacial score (nSPS) is 21.8. The van der Waals surface area contributed by atoms with Gasteiger partial charge in [-0.05, 0) is 56.7 Å². The van der Waals surface area contributed by atoms with Crippen LogP contribution in [-0.4, -0.2) is 35.0 Å². The van der Waals surface area contributed by atoms with Gasteiger partial charge in [0.1, 0.15) is 11.4 Å². The summed E-state index contributed by atoms with van der Waals surface area (Å²) in [6.45, 7) is 5.33. The van der Waals surface area contributed by atoms with Crippen molar-refractivity contribution < 1.29 is 9.53 Å². The van der Waals surface area contributed by atoms with E-state index in [4.69, 9.17) is 4.74 Å². The second-order valence-corrected chi connectivity index (χ2v) is 8.55. The first-order valence-corrected chi connectivity index (χ1v) is 9.42. The van der Waals surface area contributed by atoms with Gasteiger partial charge in [0.2, 0.25) is 0 Å². The van der Waals surface area contributed by atoms with Crippen LogP contribution < -0.4 is 4.74 Å². The third-order valence-electron chi connectivity index (χ3n) is 6.27. The lowest BCUT2D eigenvalue weighted by Crippen LogP contribution is -2.43. The van der Waals surface area contributed by atoms with Gasteiger partial charge >= 0.3 is 0 Å². The standard InChI is InChI=1S/C21H28N2O2/c1-20(2)13-21(10-5-4-6-11-21)14-23(20)19(24)17-12-15-16(22-17)8-7-9-18(15)25-3/h7-9,12,22H,4-6,10-11,13-14H2,1-3H3. The minimum absolute atomic E-state index is 0.0875. The number of benzene rings is 1. The number of nitrogens with zero attached hydrogens (tertiary/aromatic N) is 1. The summed E-state index contributed by atoms with van der Waals surface area (Å²) < 4.78 is 5.43. The van der Waals surface area contributed by atoms with Crippen molar-refractivity contribution in [2.75, 3.05) is 13.7 Å². The first-order chi connectivity index (χ1) is 11.9. The van der Waals surface area contributed by atoms with Crippen LogP contribution in [0.2, 0.25) is 0 Å². The van der Waals surface area contributed by atoms with E-state index < -0.39 is 0 Å². The molecule has 2 fully saturated rings. The maximum atomic E-state index is 13.3. The molecule has 1 aromatic heterocycles. The molecule has 2 aliphatic rings. The zero-order chi connectivity index (χ0) is 17.7. The summed E-state index contributed by atoms with van der Waals surface area (Å²) in [4.78, 5) is 18.7. The number of likely N-dealkylation sites (tertiary alicyclic amines) is 1. The lowest BCUT2D eigenvalue weighted by atomic mass is 9.71. The summed E-state index contributed by atoms with van der Waals surface area (Å²) in [5, 5.41) is 0.970. The van der Waals surface area contributed by atoms with Gasteiger partial charge in [-0.1, -0.05) is 25.3 Å². The molecule has 0 unspecified atom stereocenters. The molecule has 0 bridgehead atoms. The molecule has 1 amide bonds. The fourth-order valence-electron chi connectivity index (χ4n) is 5.17. The third kappa shape index (κ3) is 2.72. The average molecular weight is 340 g/mol. The summed E-state index contributed by atoms with van der Waals surface area (Å²) in [7, 11) is 1.67. The molecule has 1 aliphatic carbocycles. The van der Waals surface area contributed by atoms with Crippen LogP contribution in [-0.2, 0) is 0 Å². The Morgan fingerprint density at radius 2 is 1.96 bits per heavy atom. The predicted octanol–water partition coefficient (Wildman–Crippen LogP) is 4.75. The number of methoxy groups -OCH3 is 1. The summed E-state index contributed by atoms with van der Waals surface area (Å²) in [6, 6.07) is 7.81. The molecule has 1 N–H and O–H groups in total. The molecule has 134 valence electrons. The number of amides is 1. The molecular weight excluding hydrogens is 312 g/mol. The van der Waals surface area contributed by atoms with Crippen LogP contribution >= 0.6 is 0 Å². The van der Waals surface area contributed by atoms with E-state index in [2.05, 4.69) is 23.7 Å². The summed E-state index contributed by atoms with van der Waals surface area (Å²) in [5.41, 5.74) is 1.87. The zero-order valence-electron chi connectivity index (χ0n) is 15.5. The van der Waals surface area contributed by atoms with Gasteiger partial charge in [-0.3, -0.25) is 4.79 Å². The largest absolute Gasteiger partial charge is 0.496 e. The van der Waals surface area contributed by atoms with Gasteiger partial charge in [-0.15, -0.1) is 0 Å². The van der Waals surface area contributed by atoms with Crippen LogP contribution in [0.5, 0.6) is 5.75 Å². The number of carbonyl (C=O) groups is 1. The Kier molecular flexibility index (Phi) is 3.82. The third-order valence-corrected chi connectivity index (χ3v) is 6.27. The molecule has 2 aromatic rings. The number of H-pyrrole nitrogens is 1. The molecule has 2 heterocycles. The number of hydrogen-bond acceptors (Lipinski definition) is 2. The van der Waals surface area contributed by atoms with Crippen LogP contribution in [0.4, 0.5) is 0 Å². The zero-order valence-corrected chi connectivity index (χ0v) is 15.5. The SMILES string of the molecule is COc1cccc2[nH]c(C(=O)N3CC4(CCCCC4)CC3(C)C)cc12. The van der Waals surface area contributed by atoms with E-state index in [9.17, 15) is 4.79 Å². The van der Waals surface area contributed by atoms with E-state index >= 15 is 0 Å². The monoisotopic (exact) mass is 340 g/mol. The highest BCUT2D eigenvalue weighted by Gasteiger charge is 2.50. The Bertz CT molecular complexity index is 799. The molecule has 1 aliphatic heterocycles. The molecule has 1 saturated heterocycles. The van der Waals surface area contributed by atoms with Crippen molar-refractivity contribution in [3.05, 3.63) is 30.0 Å². The fourth-order valence-corrected chi connectivity index (χ4v) is 5.17. The Hall–Kier alpha value is -1.97. The van der Waals surface area contributed by atoms with E-state index in [0.717, 1.165) is 29.6 Å². The van der Waals surface area contributed by atoms with Crippen LogP contribution in [0.3, 0.4) is 0 Å². The Balaban J connectivity index is 1.66. The summed E-state index contributed by atoms with van der Waals surface area (Å²) in [5.74, 6) is 0.919. The van der Waals surface area contributed by atoms with Crippen molar-refractivity contribution in [2.45, 2.75) is 57.9 Å². The summed E-state index contributed by atoms with van der Waals surface area (Å²) in [6.07, 6.45) is 7.61. The van der Waals surface area contributed by atoms with Gasteiger partial charge in [-0.2, -0.15) is 0 Å². The second kappa shape index (κ2) is 5.79. The number of hydrogen-bond donors (Lipinski definition) is 1. The number of fused-ring (bicyclic) bond motifs is 1. The van der Waals surface area contributed by atoms with Gasteiger partial charge < -0.3 is 14.6 Å². The number of carbonyl (C=O) groups excluding carboxylic acids is 1. The van der Waals surface area contributed by atoms with Crippen molar-refractivity contribution in [1.82, 2.24) is 9.88 Å². The molecule has 4 nitrogen and oxygen atoms in total. The van der Waals surface area contributed by atoms with E-state index in [1.165, 1.54) is 32.1 Å². The molecular formula is C21H28N2O2. The van der Waals surface area contributed by atoms with E-state index in [-0.39, 0.29) is 11.4 Å². The van der Waals surface area contributed by atoms with E-state index in [1.54, 1.807) is 7.11 Å². The summed E-state index contributed by atoms with van der Waals surface area (Å²) >= 11 is 0. The number of rotatable bonds is 2. The highest BCUT2D eigenvalue weighted by Crippen LogP contribution is 2.50. The molecule has 1 saturated carbocycles. The van der Waals surface area contributed by atoms with Crippen molar-refractivity contribution in [1.29, 1.82) is 0 Å². The quantitative estimate of drug-likeness (QED) is 0.857. The van der Waals surface area contributed by atoms with Gasteiger partial charge in [0.15, 0.2) is 0 Å².